The molecular weight excluding hydrogens is 318 g/mol. The van der Waals surface area contributed by atoms with Crippen LogP contribution < -0.4 is 10.6 Å². The third kappa shape index (κ3) is 4.18. The number of carbonyl (C=O) groups is 1. The van der Waals surface area contributed by atoms with Crippen LogP contribution in [0.2, 0.25) is 0 Å². The second-order valence-electron chi connectivity index (χ2n) is 6.57. The highest BCUT2D eigenvalue weighted by atomic mass is 16.5. The van der Waals surface area contributed by atoms with Gasteiger partial charge in [0.2, 0.25) is 0 Å². The number of nitrogens with one attached hydrogen (secondary N) is 3. The molecule has 2 amide bonds. The Morgan fingerprint density at radius 3 is 2.92 bits per heavy atom. The highest BCUT2D eigenvalue weighted by Gasteiger charge is 2.34. The molecule has 0 unspecified atom stereocenters. The van der Waals surface area contributed by atoms with Crippen molar-refractivity contribution >= 4 is 11.7 Å². The van der Waals surface area contributed by atoms with Crippen LogP contribution in [0.5, 0.6) is 0 Å². The van der Waals surface area contributed by atoms with Gasteiger partial charge < -0.3 is 20.4 Å². The van der Waals surface area contributed by atoms with E-state index < -0.39 is 0 Å². The van der Waals surface area contributed by atoms with Gasteiger partial charge in [0, 0.05) is 37.5 Å². The number of imidazole rings is 1. The number of H-pyrrole nitrogens is 1. The number of hydrogen-bond donors (Lipinski definition) is 3. The Hall–Kier alpha value is -2.38. The molecule has 2 atom stereocenters. The molecule has 1 aromatic carbocycles. The largest absolute Gasteiger partial charge is 0.378 e. The van der Waals surface area contributed by atoms with Crippen LogP contribution in [0.4, 0.5) is 10.5 Å². The van der Waals surface area contributed by atoms with E-state index in [1.165, 1.54) is 0 Å². The maximum atomic E-state index is 12.4. The standard InChI is InChI=1S/C18H25N5O2/c1-12(2)23-9-16(17(10-23)25-3)22-18(24)21-14-6-4-5-13(7-14)15-8-19-11-20-15/h4-8,11-12,16-17H,9-10H2,1-3H3,(H,19,20)(H2,21,22,24)/t16-,17-/m0/s1. The zero-order valence-electron chi connectivity index (χ0n) is 14.8. The fraction of sp³-hybridized carbons (Fsp3) is 0.444. The first-order valence-corrected chi connectivity index (χ1v) is 8.50. The highest BCUT2D eigenvalue weighted by molar-refractivity contribution is 5.90. The zero-order chi connectivity index (χ0) is 17.8. The minimum atomic E-state index is -0.223. The van der Waals surface area contributed by atoms with Gasteiger partial charge in [0.1, 0.15) is 0 Å². The Bertz CT molecular complexity index is 701. The van der Waals surface area contributed by atoms with E-state index in [9.17, 15) is 4.79 Å². The number of anilines is 1. The lowest BCUT2D eigenvalue weighted by atomic mass is 10.1. The number of hydrogen-bond acceptors (Lipinski definition) is 4. The SMILES string of the molecule is CO[C@H]1CN(C(C)C)C[C@@H]1NC(=O)Nc1cccc(-c2cnc[nH]2)c1. The number of nitrogens with zero attached hydrogens (tertiary/aromatic N) is 2. The molecule has 2 heterocycles. The van der Waals surface area contributed by atoms with Gasteiger partial charge in [0.25, 0.3) is 0 Å². The van der Waals surface area contributed by atoms with Crippen LogP contribution >= 0.6 is 0 Å². The predicted molar refractivity (Wildman–Crippen MR) is 97.5 cm³/mol. The Kier molecular flexibility index (Phi) is 5.35. The summed E-state index contributed by atoms with van der Waals surface area (Å²) in [6.07, 6.45) is 3.39. The van der Waals surface area contributed by atoms with Crippen molar-refractivity contribution in [2.45, 2.75) is 32.0 Å². The van der Waals surface area contributed by atoms with E-state index in [0.717, 1.165) is 30.0 Å². The maximum Gasteiger partial charge on any atom is 0.319 e. The predicted octanol–water partition coefficient (Wildman–Crippen LogP) is 2.31. The molecule has 1 aromatic heterocycles. The number of aromatic nitrogens is 2. The summed E-state index contributed by atoms with van der Waals surface area (Å²) in [4.78, 5) is 21.8. The molecule has 1 aliphatic rings. The molecule has 0 radical (unpaired) electrons. The Labute approximate surface area is 147 Å². The number of ether oxygens (including phenoxy) is 1. The fourth-order valence-electron chi connectivity index (χ4n) is 3.12. The number of aromatic amines is 1. The van der Waals surface area contributed by atoms with Gasteiger partial charge in [-0.15, -0.1) is 0 Å². The van der Waals surface area contributed by atoms with Crippen molar-refractivity contribution in [2.75, 3.05) is 25.5 Å². The monoisotopic (exact) mass is 343 g/mol. The van der Waals surface area contributed by atoms with Gasteiger partial charge in [-0.2, -0.15) is 0 Å². The van der Waals surface area contributed by atoms with E-state index in [2.05, 4.69) is 39.3 Å². The van der Waals surface area contributed by atoms with Gasteiger partial charge >= 0.3 is 6.03 Å². The molecule has 0 saturated carbocycles. The lowest BCUT2D eigenvalue weighted by molar-refractivity contribution is 0.0896. The molecule has 7 nitrogen and oxygen atoms in total. The van der Waals surface area contributed by atoms with E-state index in [0.29, 0.717) is 6.04 Å². The molecule has 1 aliphatic heterocycles. The lowest BCUT2D eigenvalue weighted by Crippen LogP contribution is -2.45. The van der Waals surface area contributed by atoms with Crippen molar-refractivity contribution in [1.29, 1.82) is 0 Å². The molecule has 3 N–H and O–H groups in total. The summed E-state index contributed by atoms with van der Waals surface area (Å²) < 4.78 is 5.53. The van der Waals surface area contributed by atoms with E-state index in [1.807, 2.05) is 24.3 Å². The number of amides is 2. The van der Waals surface area contributed by atoms with Crippen LogP contribution in [-0.4, -0.2) is 59.3 Å². The molecule has 0 spiro atoms. The van der Waals surface area contributed by atoms with Crippen molar-refractivity contribution in [3.8, 4) is 11.3 Å². The molecule has 0 bridgehead atoms. The van der Waals surface area contributed by atoms with Crippen molar-refractivity contribution in [3.63, 3.8) is 0 Å². The molecule has 1 saturated heterocycles. The first-order chi connectivity index (χ1) is 12.1. The summed E-state index contributed by atoms with van der Waals surface area (Å²) in [5.74, 6) is 0. The Balaban J connectivity index is 1.62. The number of rotatable bonds is 5. The van der Waals surface area contributed by atoms with Crippen LogP contribution in [0.1, 0.15) is 13.8 Å². The van der Waals surface area contributed by atoms with Crippen LogP contribution in [0.15, 0.2) is 36.8 Å². The summed E-state index contributed by atoms with van der Waals surface area (Å²) in [6.45, 7) is 5.92. The summed E-state index contributed by atoms with van der Waals surface area (Å²) in [6, 6.07) is 7.83. The number of urea groups is 1. The first kappa shape index (κ1) is 17.4. The van der Waals surface area contributed by atoms with E-state index in [-0.39, 0.29) is 18.2 Å². The van der Waals surface area contributed by atoms with Gasteiger partial charge in [-0.1, -0.05) is 12.1 Å². The summed E-state index contributed by atoms with van der Waals surface area (Å²) in [5, 5.41) is 5.93. The third-order valence-electron chi connectivity index (χ3n) is 4.57. The van der Waals surface area contributed by atoms with E-state index in [4.69, 9.17) is 4.74 Å². The average molecular weight is 343 g/mol. The molecule has 25 heavy (non-hydrogen) atoms. The summed E-state index contributed by atoms with van der Waals surface area (Å²) >= 11 is 0. The molecule has 1 fully saturated rings. The molecule has 7 heteroatoms. The number of carbonyl (C=O) groups excluding carboxylic acids is 1. The van der Waals surface area contributed by atoms with Crippen LogP contribution in [0.25, 0.3) is 11.3 Å². The van der Waals surface area contributed by atoms with Gasteiger partial charge in [0.15, 0.2) is 0 Å². The van der Waals surface area contributed by atoms with Crippen molar-refractivity contribution in [2.24, 2.45) is 0 Å². The zero-order valence-corrected chi connectivity index (χ0v) is 14.8. The number of likely N-dealkylation sites (tertiary alicyclic amines) is 1. The second kappa shape index (κ2) is 7.67. The maximum absolute atomic E-state index is 12.4. The smallest absolute Gasteiger partial charge is 0.319 e. The molecular formula is C18H25N5O2. The van der Waals surface area contributed by atoms with Crippen LogP contribution in [0, 0.1) is 0 Å². The molecule has 3 rings (SSSR count). The quantitative estimate of drug-likeness (QED) is 0.778. The van der Waals surface area contributed by atoms with E-state index >= 15 is 0 Å². The molecule has 2 aromatic rings. The molecule has 0 aliphatic carbocycles. The minimum Gasteiger partial charge on any atom is -0.378 e. The summed E-state index contributed by atoms with van der Waals surface area (Å²) in [7, 11) is 1.69. The van der Waals surface area contributed by atoms with Crippen LogP contribution in [-0.2, 0) is 4.74 Å². The van der Waals surface area contributed by atoms with Gasteiger partial charge in [-0.25, -0.2) is 9.78 Å². The van der Waals surface area contributed by atoms with Gasteiger partial charge in [-0.3, -0.25) is 4.90 Å². The van der Waals surface area contributed by atoms with Gasteiger partial charge in [0.05, 0.1) is 30.4 Å². The Morgan fingerprint density at radius 2 is 2.24 bits per heavy atom. The first-order valence-electron chi connectivity index (χ1n) is 8.50. The van der Waals surface area contributed by atoms with Crippen molar-refractivity contribution < 1.29 is 9.53 Å². The van der Waals surface area contributed by atoms with Crippen LogP contribution in [0.3, 0.4) is 0 Å². The van der Waals surface area contributed by atoms with Crippen molar-refractivity contribution in [3.05, 3.63) is 36.8 Å². The van der Waals surface area contributed by atoms with Gasteiger partial charge in [-0.05, 0) is 26.0 Å². The minimum absolute atomic E-state index is 0.00415. The van der Waals surface area contributed by atoms with Crippen molar-refractivity contribution in [1.82, 2.24) is 20.2 Å². The normalized spacial score (nSPS) is 20.8. The Morgan fingerprint density at radius 1 is 1.40 bits per heavy atom. The second-order valence-corrected chi connectivity index (χ2v) is 6.57. The number of methoxy groups -OCH3 is 1. The fourth-order valence-corrected chi connectivity index (χ4v) is 3.12. The number of benzene rings is 1. The highest BCUT2D eigenvalue weighted by Crippen LogP contribution is 2.20. The third-order valence-corrected chi connectivity index (χ3v) is 4.57. The lowest BCUT2D eigenvalue weighted by Gasteiger charge is -2.20. The summed E-state index contributed by atoms with van der Waals surface area (Å²) in [5.41, 5.74) is 2.61. The topological polar surface area (TPSA) is 82.3 Å². The average Bonchev–Trinajstić information content (AvgIpc) is 3.24. The molecule has 134 valence electrons. The van der Waals surface area contributed by atoms with E-state index in [1.54, 1.807) is 19.6 Å².